The van der Waals surface area contributed by atoms with Gasteiger partial charge in [-0.05, 0) is 30.8 Å². The van der Waals surface area contributed by atoms with Crippen molar-refractivity contribution < 1.29 is 15.0 Å². The highest BCUT2D eigenvalue weighted by Gasteiger charge is 2.06. The van der Waals surface area contributed by atoms with Crippen molar-refractivity contribution in [2.45, 2.75) is 13.1 Å². The van der Waals surface area contributed by atoms with E-state index in [1.165, 1.54) is 0 Å². The van der Waals surface area contributed by atoms with Crippen molar-refractivity contribution in [1.82, 2.24) is 4.90 Å². The van der Waals surface area contributed by atoms with Crippen LogP contribution in [-0.4, -0.2) is 28.1 Å². The normalized spacial score (nSPS) is 10.7. The van der Waals surface area contributed by atoms with Crippen molar-refractivity contribution in [2.75, 3.05) is 7.05 Å². The molecule has 2 rings (SSSR count). The highest BCUT2D eigenvalue weighted by Crippen LogP contribution is 2.18. The lowest BCUT2D eigenvalue weighted by Gasteiger charge is -2.17. The molecule has 0 aliphatic heterocycles. The van der Waals surface area contributed by atoms with Gasteiger partial charge in [0.2, 0.25) is 0 Å². The minimum Gasteiger partial charge on any atom is -0.508 e. The van der Waals surface area contributed by atoms with Crippen LogP contribution in [0.1, 0.15) is 21.5 Å². The van der Waals surface area contributed by atoms with Crippen LogP contribution in [0, 0.1) is 0 Å². The summed E-state index contributed by atoms with van der Waals surface area (Å²) in [5.74, 6) is -0.625. The van der Waals surface area contributed by atoms with Gasteiger partial charge in [0.1, 0.15) is 5.75 Å². The molecule has 0 heterocycles. The second-order valence-electron chi connectivity index (χ2n) is 4.80. The Morgan fingerprint density at radius 1 is 1.05 bits per heavy atom. The number of benzene rings is 2. The van der Waals surface area contributed by atoms with E-state index in [-0.39, 0.29) is 5.56 Å². The summed E-state index contributed by atoms with van der Waals surface area (Å²) >= 11 is 0. The third kappa shape index (κ3) is 3.59. The summed E-state index contributed by atoms with van der Waals surface area (Å²) < 4.78 is 0. The van der Waals surface area contributed by atoms with Gasteiger partial charge in [0.05, 0.1) is 5.56 Å². The molecular formula is C16H17NO3. The summed E-state index contributed by atoms with van der Waals surface area (Å²) in [5, 5.41) is 18.6. The fraction of sp³-hybridized carbons (Fsp3) is 0.188. The Morgan fingerprint density at radius 3 is 2.30 bits per heavy atom. The van der Waals surface area contributed by atoms with Gasteiger partial charge >= 0.3 is 5.97 Å². The molecule has 2 N–H and O–H groups in total. The number of rotatable bonds is 5. The van der Waals surface area contributed by atoms with E-state index in [9.17, 15) is 9.90 Å². The van der Waals surface area contributed by atoms with E-state index in [1.807, 2.05) is 31.3 Å². The van der Waals surface area contributed by atoms with E-state index in [0.29, 0.717) is 18.8 Å². The average Bonchev–Trinajstić information content (AvgIpc) is 2.42. The lowest BCUT2D eigenvalue weighted by Crippen LogP contribution is -2.17. The molecule has 0 spiro atoms. The predicted octanol–water partition coefficient (Wildman–Crippen LogP) is 2.72. The van der Waals surface area contributed by atoms with Crippen molar-refractivity contribution in [3.05, 3.63) is 65.2 Å². The Morgan fingerprint density at radius 2 is 1.70 bits per heavy atom. The van der Waals surface area contributed by atoms with Crippen LogP contribution >= 0.6 is 0 Å². The Bertz CT molecular complexity index is 593. The quantitative estimate of drug-likeness (QED) is 0.877. The first kappa shape index (κ1) is 14.1. The van der Waals surface area contributed by atoms with Crippen LogP contribution in [0.5, 0.6) is 5.75 Å². The third-order valence-corrected chi connectivity index (χ3v) is 3.09. The van der Waals surface area contributed by atoms with Crippen LogP contribution in [-0.2, 0) is 13.1 Å². The van der Waals surface area contributed by atoms with Gasteiger partial charge in [0.25, 0.3) is 0 Å². The van der Waals surface area contributed by atoms with Crippen LogP contribution in [0.15, 0.2) is 48.5 Å². The maximum atomic E-state index is 10.8. The highest BCUT2D eigenvalue weighted by atomic mass is 16.4. The zero-order chi connectivity index (χ0) is 14.5. The maximum Gasteiger partial charge on any atom is 0.335 e. The third-order valence-electron chi connectivity index (χ3n) is 3.09. The topological polar surface area (TPSA) is 60.8 Å². The van der Waals surface area contributed by atoms with Crippen molar-refractivity contribution in [1.29, 1.82) is 0 Å². The summed E-state index contributed by atoms with van der Waals surface area (Å²) in [6.45, 7) is 1.32. The van der Waals surface area contributed by atoms with Crippen molar-refractivity contribution in [2.24, 2.45) is 0 Å². The lowest BCUT2D eigenvalue weighted by molar-refractivity contribution is 0.0697. The molecule has 0 saturated heterocycles. The van der Waals surface area contributed by atoms with Gasteiger partial charge in [-0.3, -0.25) is 4.90 Å². The molecule has 0 fully saturated rings. The number of phenolic OH excluding ortho intramolecular Hbond substituents is 1. The molecule has 4 nitrogen and oxygen atoms in total. The number of carboxylic acid groups (broad SMARTS) is 1. The van der Waals surface area contributed by atoms with Gasteiger partial charge < -0.3 is 10.2 Å². The number of carbonyl (C=O) groups is 1. The van der Waals surface area contributed by atoms with E-state index in [2.05, 4.69) is 4.90 Å². The van der Waals surface area contributed by atoms with Crippen LogP contribution in [0.2, 0.25) is 0 Å². The molecule has 0 bridgehead atoms. The minimum atomic E-state index is -0.917. The van der Waals surface area contributed by atoms with Crippen LogP contribution < -0.4 is 0 Å². The summed E-state index contributed by atoms with van der Waals surface area (Å²) in [5.41, 5.74) is 2.20. The first-order valence-electron chi connectivity index (χ1n) is 6.34. The molecule has 2 aromatic carbocycles. The Labute approximate surface area is 117 Å². The average molecular weight is 271 g/mol. The largest absolute Gasteiger partial charge is 0.508 e. The standard InChI is InChI=1S/C16H17NO3/c1-17(11-14-4-2-3-5-15(14)18)10-12-6-8-13(9-7-12)16(19)20/h2-9,18H,10-11H2,1H3,(H,19,20). The second-order valence-corrected chi connectivity index (χ2v) is 4.80. The van der Waals surface area contributed by atoms with Crippen molar-refractivity contribution in [3.8, 4) is 5.75 Å². The molecule has 0 aliphatic rings. The number of hydrogen-bond acceptors (Lipinski definition) is 3. The Hall–Kier alpha value is -2.33. The SMILES string of the molecule is CN(Cc1ccc(C(=O)O)cc1)Cc1ccccc1O. The Kier molecular flexibility index (Phi) is 4.38. The molecule has 0 radical (unpaired) electrons. The first-order valence-corrected chi connectivity index (χ1v) is 6.34. The molecule has 0 aliphatic carbocycles. The van der Waals surface area contributed by atoms with E-state index in [0.717, 1.165) is 11.1 Å². The zero-order valence-corrected chi connectivity index (χ0v) is 11.3. The van der Waals surface area contributed by atoms with Crippen molar-refractivity contribution >= 4 is 5.97 Å². The number of hydrogen-bond donors (Lipinski definition) is 2. The molecule has 0 aromatic heterocycles. The number of phenols is 1. The summed E-state index contributed by atoms with van der Waals surface area (Å²) in [6, 6.07) is 14.1. The molecule has 0 amide bonds. The van der Waals surface area contributed by atoms with Crippen molar-refractivity contribution in [3.63, 3.8) is 0 Å². The fourth-order valence-electron chi connectivity index (χ4n) is 2.06. The predicted molar refractivity (Wildman–Crippen MR) is 76.7 cm³/mol. The molecule has 0 unspecified atom stereocenters. The van der Waals surface area contributed by atoms with Gasteiger partial charge in [0, 0.05) is 18.7 Å². The summed E-state index contributed by atoms with van der Waals surface area (Å²) in [6.07, 6.45) is 0. The number of para-hydroxylation sites is 1. The molecular weight excluding hydrogens is 254 g/mol. The van der Waals surface area contributed by atoms with Crippen LogP contribution in [0.4, 0.5) is 0 Å². The maximum absolute atomic E-state index is 10.8. The summed E-state index contributed by atoms with van der Waals surface area (Å²) in [4.78, 5) is 12.8. The molecule has 2 aromatic rings. The number of aromatic hydroxyl groups is 1. The Balaban J connectivity index is 1.99. The van der Waals surface area contributed by atoms with E-state index in [4.69, 9.17) is 5.11 Å². The summed E-state index contributed by atoms with van der Waals surface area (Å²) in [7, 11) is 1.96. The van der Waals surface area contributed by atoms with E-state index >= 15 is 0 Å². The minimum absolute atomic E-state index is 0.289. The van der Waals surface area contributed by atoms with Gasteiger partial charge in [0.15, 0.2) is 0 Å². The molecule has 0 atom stereocenters. The molecule has 20 heavy (non-hydrogen) atoms. The van der Waals surface area contributed by atoms with Crippen LogP contribution in [0.3, 0.4) is 0 Å². The van der Waals surface area contributed by atoms with Crippen LogP contribution in [0.25, 0.3) is 0 Å². The number of carboxylic acids is 1. The smallest absolute Gasteiger partial charge is 0.335 e. The molecule has 4 heteroatoms. The van der Waals surface area contributed by atoms with Gasteiger partial charge in [-0.1, -0.05) is 30.3 Å². The van der Waals surface area contributed by atoms with Gasteiger partial charge in [-0.15, -0.1) is 0 Å². The van der Waals surface area contributed by atoms with Gasteiger partial charge in [-0.25, -0.2) is 4.79 Å². The number of aromatic carboxylic acids is 1. The second kappa shape index (κ2) is 6.21. The lowest BCUT2D eigenvalue weighted by atomic mass is 10.1. The molecule has 0 saturated carbocycles. The highest BCUT2D eigenvalue weighted by molar-refractivity contribution is 5.87. The zero-order valence-electron chi connectivity index (χ0n) is 11.3. The van der Waals surface area contributed by atoms with E-state index in [1.54, 1.807) is 24.3 Å². The van der Waals surface area contributed by atoms with Gasteiger partial charge in [-0.2, -0.15) is 0 Å². The number of nitrogens with zero attached hydrogens (tertiary/aromatic N) is 1. The molecule has 104 valence electrons. The first-order chi connectivity index (χ1) is 9.56. The van der Waals surface area contributed by atoms with E-state index < -0.39 is 5.97 Å². The monoisotopic (exact) mass is 271 g/mol. The fourth-order valence-corrected chi connectivity index (χ4v) is 2.06.